The number of amides is 1. The van der Waals surface area contributed by atoms with Crippen LogP contribution < -0.4 is 4.74 Å². The van der Waals surface area contributed by atoms with Crippen LogP contribution in [0.5, 0.6) is 5.75 Å². The molecule has 2 bridgehead atoms. The van der Waals surface area contributed by atoms with Gasteiger partial charge in [0, 0.05) is 24.1 Å². The van der Waals surface area contributed by atoms with Gasteiger partial charge >= 0.3 is 0 Å². The minimum Gasteiger partial charge on any atom is -0.497 e. The van der Waals surface area contributed by atoms with Crippen LogP contribution in [0.25, 0.3) is 6.08 Å². The molecule has 1 amide bonds. The molecule has 2 aromatic carbocycles. The molecule has 3 aliphatic rings. The lowest BCUT2D eigenvalue weighted by molar-refractivity contribution is -0.135. The number of ether oxygens (including phenoxy) is 1. The summed E-state index contributed by atoms with van der Waals surface area (Å²) in [4.78, 5) is 15.3. The van der Waals surface area contributed by atoms with E-state index in [1.165, 1.54) is 36.8 Å². The second-order valence-corrected chi connectivity index (χ2v) is 8.83. The lowest BCUT2D eigenvalue weighted by Gasteiger charge is -2.59. The van der Waals surface area contributed by atoms with Gasteiger partial charge in [-0.3, -0.25) is 4.79 Å². The fourth-order valence-corrected chi connectivity index (χ4v) is 6.21. The minimum atomic E-state index is 0.162. The Morgan fingerprint density at radius 3 is 2.83 bits per heavy atom. The highest BCUT2D eigenvalue weighted by atomic mass is 16.5. The van der Waals surface area contributed by atoms with Crippen LogP contribution in [0.1, 0.15) is 48.8 Å². The van der Waals surface area contributed by atoms with E-state index in [1.54, 1.807) is 13.2 Å². The molecular weight excluding hydrogens is 358 g/mol. The third-order valence-electron chi connectivity index (χ3n) is 7.54. The number of hydrogen-bond donors (Lipinski definition) is 0. The lowest BCUT2D eigenvalue weighted by atomic mass is 9.52. The van der Waals surface area contributed by atoms with Crippen molar-refractivity contribution in [1.29, 1.82) is 0 Å². The minimum absolute atomic E-state index is 0.162. The van der Waals surface area contributed by atoms with Gasteiger partial charge in [-0.25, -0.2) is 0 Å². The molecule has 2 fully saturated rings. The van der Waals surface area contributed by atoms with Gasteiger partial charge in [0.25, 0.3) is 0 Å². The number of carbonyl (C=O) groups is 1. The maximum Gasteiger partial charge on any atom is 0.246 e. The fraction of sp³-hybridized carbons (Fsp3) is 0.423. The Morgan fingerprint density at radius 2 is 2.00 bits per heavy atom. The van der Waals surface area contributed by atoms with Crippen LogP contribution in [0.4, 0.5) is 0 Å². The highest BCUT2D eigenvalue weighted by molar-refractivity contribution is 5.92. The number of fused-ring (bicyclic) bond motifs is 1. The van der Waals surface area contributed by atoms with Gasteiger partial charge < -0.3 is 9.64 Å². The Bertz CT molecular complexity index is 935. The van der Waals surface area contributed by atoms with E-state index in [9.17, 15) is 4.79 Å². The second kappa shape index (κ2) is 7.37. The Balaban J connectivity index is 1.47. The summed E-state index contributed by atoms with van der Waals surface area (Å²) in [5.41, 5.74) is 4.22. The predicted octanol–water partition coefficient (Wildman–Crippen LogP) is 4.99. The molecule has 150 valence electrons. The molecule has 1 saturated carbocycles. The molecular formula is C26H29NO2. The Morgan fingerprint density at radius 1 is 1.14 bits per heavy atom. The van der Waals surface area contributed by atoms with Crippen LogP contribution in [0.3, 0.4) is 0 Å². The van der Waals surface area contributed by atoms with Gasteiger partial charge in [0.2, 0.25) is 5.91 Å². The van der Waals surface area contributed by atoms with E-state index in [0.29, 0.717) is 12.0 Å². The number of methoxy groups -OCH3 is 1. The third-order valence-corrected chi connectivity index (χ3v) is 7.54. The first-order valence-electron chi connectivity index (χ1n) is 10.9. The van der Waals surface area contributed by atoms with Crippen LogP contribution in [0, 0.1) is 5.92 Å². The fourth-order valence-electron chi connectivity index (χ4n) is 6.21. The molecule has 0 spiro atoms. The SMILES string of the molecule is COc1ccc2c(c1)[C@@]13CCCC[C@H]1[C@H](C2)N(C(=O)/C=C/c1ccccc1)CC3. The summed E-state index contributed by atoms with van der Waals surface area (Å²) in [6.45, 7) is 0.857. The highest BCUT2D eigenvalue weighted by Crippen LogP contribution is 2.56. The van der Waals surface area contributed by atoms with E-state index in [4.69, 9.17) is 4.74 Å². The first-order valence-corrected chi connectivity index (χ1v) is 10.9. The summed E-state index contributed by atoms with van der Waals surface area (Å²) in [7, 11) is 1.75. The van der Waals surface area contributed by atoms with Crippen LogP contribution in [-0.2, 0) is 16.6 Å². The number of piperidine rings is 1. The topological polar surface area (TPSA) is 29.5 Å². The van der Waals surface area contributed by atoms with E-state index in [1.807, 2.05) is 36.4 Å². The third kappa shape index (κ3) is 3.08. The molecule has 3 atom stereocenters. The molecule has 0 N–H and O–H groups in total. The first kappa shape index (κ1) is 18.5. The van der Waals surface area contributed by atoms with Crippen molar-refractivity contribution >= 4 is 12.0 Å². The molecule has 2 aliphatic carbocycles. The van der Waals surface area contributed by atoms with E-state index in [-0.39, 0.29) is 11.3 Å². The van der Waals surface area contributed by atoms with Crippen LogP contribution in [0.2, 0.25) is 0 Å². The van der Waals surface area contributed by atoms with Crippen molar-refractivity contribution in [2.75, 3.05) is 13.7 Å². The quantitative estimate of drug-likeness (QED) is 0.694. The summed E-state index contributed by atoms with van der Waals surface area (Å²) in [5.74, 6) is 1.69. The largest absolute Gasteiger partial charge is 0.497 e. The normalized spacial score (nSPS) is 28.0. The standard InChI is InChI=1S/C26H29NO2/c1-29-21-12-11-20-17-24-22-9-5-6-14-26(22,23(20)18-21)15-16-27(24)25(28)13-10-19-7-3-2-4-8-19/h2-4,7-8,10-13,18,22,24H,5-6,9,14-17H2,1H3/b13-10+/t22-,24-,26+/m0/s1. The zero-order valence-electron chi connectivity index (χ0n) is 17.1. The van der Waals surface area contributed by atoms with Gasteiger partial charge in [-0.05, 0) is 66.5 Å². The summed E-state index contributed by atoms with van der Waals surface area (Å²) >= 11 is 0. The smallest absolute Gasteiger partial charge is 0.246 e. The van der Waals surface area contributed by atoms with Gasteiger partial charge in [0.05, 0.1) is 7.11 Å². The zero-order valence-corrected chi connectivity index (χ0v) is 17.1. The van der Waals surface area contributed by atoms with Crippen molar-refractivity contribution in [3.8, 4) is 5.75 Å². The van der Waals surface area contributed by atoms with Crippen molar-refractivity contribution in [3.63, 3.8) is 0 Å². The number of hydrogen-bond acceptors (Lipinski definition) is 2. The van der Waals surface area contributed by atoms with E-state index < -0.39 is 0 Å². The van der Waals surface area contributed by atoms with Gasteiger partial charge in [0.1, 0.15) is 5.75 Å². The molecule has 0 unspecified atom stereocenters. The monoisotopic (exact) mass is 387 g/mol. The maximum absolute atomic E-state index is 13.2. The molecule has 2 aromatic rings. The van der Waals surface area contributed by atoms with Gasteiger partial charge in [-0.15, -0.1) is 0 Å². The summed E-state index contributed by atoms with van der Waals surface area (Å²) in [6.07, 6.45) is 10.8. The second-order valence-electron chi connectivity index (χ2n) is 8.83. The van der Waals surface area contributed by atoms with Crippen molar-refractivity contribution in [2.24, 2.45) is 5.92 Å². The molecule has 0 radical (unpaired) electrons. The summed E-state index contributed by atoms with van der Waals surface area (Å²) in [5, 5.41) is 0. The van der Waals surface area contributed by atoms with E-state index in [0.717, 1.165) is 30.7 Å². The number of rotatable bonds is 3. The molecule has 3 heteroatoms. The van der Waals surface area contributed by atoms with Gasteiger partial charge in [-0.2, -0.15) is 0 Å². The Kier molecular flexibility index (Phi) is 4.69. The van der Waals surface area contributed by atoms with Gasteiger partial charge in [0.15, 0.2) is 0 Å². The van der Waals surface area contributed by atoms with E-state index >= 15 is 0 Å². The molecule has 3 nitrogen and oxygen atoms in total. The lowest BCUT2D eigenvalue weighted by Crippen LogP contribution is -2.61. The summed E-state index contributed by atoms with van der Waals surface area (Å²) in [6, 6.07) is 17.0. The number of carbonyl (C=O) groups excluding carboxylic acids is 1. The molecule has 29 heavy (non-hydrogen) atoms. The molecule has 1 heterocycles. The number of nitrogens with zero attached hydrogens (tertiary/aromatic N) is 1. The zero-order chi connectivity index (χ0) is 19.8. The Hall–Kier alpha value is -2.55. The van der Waals surface area contributed by atoms with Gasteiger partial charge in [-0.1, -0.05) is 49.2 Å². The van der Waals surface area contributed by atoms with Crippen LogP contribution in [0.15, 0.2) is 54.6 Å². The average Bonchev–Trinajstić information content (AvgIpc) is 2.78. The average molecular weight is 388 g/mol. The van der Waals surface area contributed by atoms with E-state index in [2.05, 4.69) is 23.1 Å². The highest BCUT2D eigenvalue weighted by Gasteiger charge is 2.54. The first-order chi connectivity index (χ1) is 14.2. The number of likely N-dealkylation sites (tertiary alicyclic amines) is 1. The van der Waals surface area contributed by atoms with Crippen molar-refractivity contribution in [2.45, 2.75) is 50.0 Å². The summed E-state index contributed by atoms with van der Waals surface area (Å²) < 4.78 is 5.55. The number of benzene rings is 2. The van der Waals surface area contributed by atoms with Crippen molar-refractivity contribution in [3.05, 3.63) is 71.3 Å². The molecule has 1 saturated heterocycles. The molecule has 0 aromatic heterocycles. The molecule has 1 aliphatic heterocycles. The van der Waals surface area contributed by atoms with Crippen molar-refractivity contribution < 1.29 is 9.53 Å². The van der Waals surface area contributed by atoms with Crippen molar-refractivity contribution in [1.82, 2.24) is 4.90 Å². The predicted molar refractivity (Wildman–Crippen MR) is 116 cm³/mol. The van der Waals surface area contributed by atoms with Crippen LogP contribution in [-0.4, -0.2) is 30.5 Å². The maximum atomic E-state index is 13.2. The van der Waals surface area contributed by atoms with Crippen LogP contribution >= 0.6 is 0 Å². The Labute approximate surface area is 173 Å². The molecule has 5 rings (SSSR count).